The first-order chi connectivity index (χ1) is 11.2. The second-order valence-electron chi connectivity index (χ2n) is 7.17. The maximum absolute atomic E-state index is 12.4. The molecule has 0 saturated heterocycles. The molecule has 0 saturated carbocycles. The van der Waals surface area contributed by atoms with Crippen molar-refractivity contribution in [3.8, 4) is 5.69 Å². The van der Waals surface area contributed by atoms with Crippen LogP contribution >= 0.6 is 0 Å². The van der Waals surface area contributed by atoms with E-state index in [1.807, 2.05) is 52.0 Å². The highest BCUT2D eigenvalue weighted by molar-refractivity contribution is 5.93. The third kappa shape index (κ3) is 4.41. The Kier molecular flexibility index (Phi) is 5.39. The number of carbonyl (C=O) groups excluding carboxylic acids is 1. The summed E-state index contributed by atoms with van der Waals surface area (Å²) in [5.41, 5.74) is 2.87. The van der Waals surface area contributed by atoms with Gasteiger partial charge in [-0.3, -0.25) is 4.79 Å². The van der Waals surface area contributed by atoms with Gasteiger partial charge in [-0.2, -0.15) is 0 Å². The van der Waals surface area contributed by atoms with Gasteiger partial charge < -0.3 is 10.4 Å². The molecule has 2 N–H and O–H groups in total. The molecule has 1 aromatic heterocycles. The van der Waals surface area contributed by atoms with Gasteiger partial charge in [0.05, 0.1) is 17.5 Å². The van der Waals surface area contributed by atoms with E-state index >= 15 is 0 Å². The average molecular weight is 330 g/mol. The normalized spacial score (nSPS) is 12.9. The Morgan fingerprint density at radius 3 is 2.50 bits per heavy atom. The smallest absolute Gasteiger partial charge is 0.273 e. The van der Waals surface area contributed by atoms with E-state index in [0.29, 0.717) is 24.4 Å². The molecule has 0 aliphatic rings. The first kappa shape index (κ1) is 18.1. The number of carbonyl (C=O) groups is 1. The van der Waals surface area contributed by atoms with Crippen LogP contribution in [0.2, 0.25) is 0 Å². The highest BCUT2D eigenvalue weighted by Gasteiger charge is 2.23. The second kappa shape index (κ2) is 7.13. The standard InChI is InChI=1S/C18H26N4O2/c1-12-6-8-15(9-7-12)22-14(3)16(20-21-22)17(24)19-11-18(4,5)10-13(2)23/h6-9,13,23H,10-11H2,1-5H3,(H,19,24). The average Bonchev–Trinajstić information content (AvgIpc) is 2.86. The molecule has 0 radical (unpaired) electrons. The van der Waals surface area contributed by atoms with Crippen LogP contribution in [0.3, 0.4) is 0 Å². The highest BCUT2D eigenvalue weighted by atomic mass is 16.3. The van der Waals surface area contributed by atoms with E-state index in [1.54, 1.807) is 11.6 Å². The lowest BCUT2D eigenvalue weighted by Gasteiger charge is -2.26. The molecule has 1 aromatic carbocycles. The Morgan fingerprint density at radius 1 is 1.29 bits per heavy atom. The number of amides is 1. The van der Waals surface area contributed by atoms with Crippen LogP contribution in [0.1, 0.15) is 48.9 Å². The van der Waals surface area contributed by atoms with Gasteiger partial charge in [-0.1, -0.05) is 36.8 Å². The molecule has 130 valence electrons. The first-order valence-corrected chi connectivity index (χ1v) is 8.15. The molecule has 24 heavy (non-hydrogen) atoms. The molecule has 0 aliphatic heterocycles. The summed E-state index contributed by atoms with van der Waals surface area (Å²) in [6, 6.07) is 7.89. The zero-order valence-electron chi connectivity index (χ0n) is 15.0. The highest BCUT2D eigenvalue weighted by Crippen LogP contribution is 2.21. The van der Waals surface area contributed by atoms with Crippen molar-refractivity contribution in [2.24, 2.45) is 5.41 Å². The summed E-state index contributed by atoms with van der Waals surface area (Å²) < 4.78 is 1.66. The molecule has 1 amide bonds. The molecule has 1 heterocycles. The lowest BCUT2D eigenvalue weighted by Crippen LogP contribution is -2.36. The minimum atomic E-state index is -0.402. The number of benzene rings is 1. The van der Waals surface area contributed by atoms with Gasteiger partial charge in [0.1, 0.15) is 0 Å². The summed E-state index contributed by atoms with van der Waals surface area (Å²) in [5.74, 6) is -0.246. The van der Waals surface area contributed by atoms with Crippen LogP contribution in [0.5, 0.6) is 0 Å². The number of nitrogens with zero attached hydrogens (tertiary/aromatic N) is 3. The van der Waals surface area contributed by atoms with Gasteiger partial charge in [0, 0.05) is 6.54 Å². The monoisotopic (exact) mass is 330 g/mol. The largest absolute Gasteiger partial charge is 0.393 e. The van der Waals surface area contributed by atoms with E-state index in [2.05, 4.69) is 15.6 Å². The number of nitrogens with one attached hydrogen (secondary N) is 1. The summed E-state index contributed by atoms with van der Waals surface area (Å²) >= 11 is 0. The molecule has 6 nitrogen and oxygen atoms in total. The van der Waals surface area contributed by atoms with Gasteiger partial charge in [0.15, 0.2) is 5.69 Å². The minimum absolute atomic E-state index is 0.190. The summed E-state index contributed by atoms with van der Waals surface area (Å²) in [4.78, 5) is 12.4. The van der Waals surface area contributed by atoms with Crippen molar-refractivity contribution in [1.29, 1.82) is 0 Å². The van der Waals surface area contributed by atoms with Gasteiger partial charge in [-0.15, -0.1) is 5.10 Å². The van der Waals surface area contributed by atoms with Crippen LogP contribution in [0.25, 0.3) is 5.69 Å². The van der Waals surface area contributed by atoms with E-state index in [-0.39, 0.29) is 11.3 Å². The summed E-state index contributed by atoms with van der Waals surface area (Å²) in [6.07, 6.45) is 0.212. The SMILES string of the molecule is Cc1ccc(-n2nnc(C(=O)NCC(C)(C)CC(C)O)c2C)cc1. The fourth-order valence-electron chi connectivity index (χ4n) is 2.75. The minimum Gasteiger partial charge on any atom is -0.393 e. The number of aliphatic hydroxyl groups excluding tert-OH is 1. The first-order valence-electron chi connectivity index (χ1n) is 8.15. The van der Waals surface area contributed by atoms with Crippen molar-refractivity contribution >= 4 is 5.91 Å². The van der Waals surface area contributed by atoms with Crippen LogP contribution in [-0.4, -0.2) is 38.7 Å². The van der Waals surface area contributed by atoms with Crippen LogP contribution in [0, 0.1) is 19.3 Å². The molecule has 0 aliphatic carbocycles. The van der Waals surface area contributed by atoms with Crippen molar-refractivity contribution in [1.82, 2.24) is 20.3 Å². The maximum Gasteiger partial charge on any atom is 0.273 e. The van der Waals surface area contributed by atoms with Crippen molar-refractivity contribution < 1.29 is 9.90 Å². The molecule has 6 heteroatoms. The Labute approximate surface area is 142 Å². The molecular weight excluding hydrogens is 304 g/mol. The predicted molar refractivity (Wildman–Crippen MR) is 93.2 cm³/mol. The molecule has 0 fully saturated rings. The van der Waals surface area contributed by atoms with Crippen molar-refractivity contribution in [3.05, 3.63) is 41.2 Å². The number of hydrogen-bond donors (Lipinski definition) is 2. The Balaban J connectivity index is 2.10. The zero-order chi connectivity index (χ0) is 17.9. The second-order valence-corrected chi connectivity index (χ2v) is 7.17. The summed E-state index contributed by atoms with van der Waals surface area (Å²) in [7, 11) is 0. The van der Waals surface area contributed by atoms with E-state index < -0.39 is 6.10 Å². The number of aryl methyl sites for hydroxylation is 1. The Bertz CT molecular complexity index is 702. The summed E-state index contributed by atoms with van der Waals surface area (Å²) in [6.45, 7) is 10.1. The molecule has 1 unspecified atom stereocenters. The van der Waals surface area contributed by atoms with Gasteiger partial charge >= 0.3 is 0 Å². The quantitative estimate of drug-likeness (QED) is 0.852. The molecule has 2 rings (SSSR count). The van der Waals surface area contributed by atoms with E-state index in [0.717, 1.165) is 11.3 Å². The third-order valence-corrected chi connectivity index (χ3v) is 3.96. The maximum atomic E-state index is 12.4. The van der Waals surface area contributed by atoms with Gasteiger partial charge in [0.25, 0.3) is 5.91 Å². The molecule has 0 bridgehead atoms. The van der Waals surface area contributed by atoms with Crippen LogP contribution in [0.15, 0.2) is 24.3 Å². The predicted octanol–water partition coefficient (Wildman–Crippen LogP) is 2.41. The Morgan fingerprint density at radius 2 is 1.92 bits per heavy atom. The summed E-state index contributed by atoms with van der Waals surface area (Å²) in [5, 5.41) is 20.5. The van der Waals surface area contributed by atoms with Crippen molar-refractivity contribution in [2.45, 2.75) is 47.1 Å². The number of aromatic nitrogens is 3. The number of aliphatic hydroxyl groups is 1. The van der Waals surface area contributed by atoms with E-state index in [4.69, 9.17) is 0 Å². The molecule has 1 atom stereocenters. The fraction of sp³-hybridized carbons (Fsp3) is 0.500. The fourth-order valence-corrected chi connectivity index (χ4v) is 2.75. The van der Waals surface area contributed by atoms with E-state index in [1.165, 1.54) is 0 Å². The third-order valence-electron chi connectivity index (χ3n) is 3.96. The lowest BCUT2D eigenvalue weighted by molar-refractivity contribution is 0.0896. The lowest BCUT2D eigenvalue weighted by atomic mass is 9.87. The van der Waals surface area contributed by atoms with Crippen LogP contribution in [0.4, 0.5) is 0 Å². The molecular formula is C18H26N4O2. The van der Waals surface area contributed by atoms with Gasteiger partial charge in [-0.25, -0.2) is 4.68 Å². The van der Waals surface area contributed by atoms with Crippen molar-refractivity contribution in [3.63, 3.8) is 0 Å². The van der Waals surface area contributed by atoms with Gasteiger partial charge in [-0.05, 0) is 44.7 Å². The van der Waals surface area contributed by atoms with Crippen LogP contribution in [-0.2, 0) is 0 Å². The van der Waals surface area contributed by atoms with Gasteiger partial charge in [0.2, 0.25) is 0 Å². The topological polar surface area (TPSA) is 80.0 Å². The molecule has 2 aromatic rings. The van der Waals surface area contributed by atoms with Crippen molar-refractivity contribution in [2.75, 3.05) is 6.54 Å². The molecule has 0 spiro atoms. The number of hydrogen-bond acceptors (Lipinski definition) is 4. The number of rotatable bonds is 6. The zero-order valence-corrected chi connectivity index (χ0v) is 15.0. The van der Waals surface area contributed by atoms with Crippen LogP contribution < -0.4 is 5.32 Å². The van der Waals surface area contributed by atoms with E-state index in [9.17, 15) is 9.90 Å². The Hall–Kier alpha value is -2.21.